The van der Waals surface area contributed by atoms with Gasteiger partial charge in [-0.05, 0) is 20.8 Å². The van der Waals surface area contributed by atoms with E-state index in [-0.39, 0.29) is 0 Å². The standard InChI is InChI=1S/C8H12N2/c1-4-7(2)10-6-5-9-8(10)3/h4-6H,1-3H3. The molecule has 1 heterocycles. The van der Waals surface area contributed by atoms with Crippen LogP contribution in [0, 0.1) is 6.92 Å². The van der Waals surface area contributed by atoms with E-state index in [1.165, 1.54) is 5.70 Å². The number of rotatable bonds is 1. The molecule has 0 radical (unpaired) electrons. The Labute approximate surface area is 61.2 Å². The second-order valence-corrected chi connectivity index (χ2v) is 2.27. The van der Waals surface area contributed by atoms with Crippen LogP contribution in [0.2, 0.25) is 0 Å². The van der Waals surface area contributed by atoms with Crippen molar-refractivity contribution in [3.8, 4) is 0 Å². The predicted molar refractivity (Wildman–Crippen MR) is 42.6 cm³/mol. The van der Waals surface area contributed by atoms with Crippen LogP contribution in [0.1, 0.15) is 19.7 Å². The van der Waals surface area contributed by atoms with Gasteiger partial charge in [-0.2, -0.15) is 0 Å². The molecule has 1 aromatic rings. The summed E-state index contributed by atoms with van der Waals surface area (Å²) in [7, 11) is 0. The average molecular weight is 136 g/mol. The lowest BCUT2D eigenvalue weighted by molar-refractivity contribution is 0.987. The minimum atomic E-state index is 1.04. The van der Waals surface area contributed by atoms with E-state index >= 15 is 0 Å². The Kier molecular flexibility index (Phi) is 1.90. The Morgan fingerprint density at radius 1 is 1.70 bits per heavy atom. The van der Waals surface area contributed by atoms with Crippen LogP contribution in [0.4, 0.5) is 0 Å². The fraction of sp³-hybridized carbons (Fsp3) is 0.375. The third-order valence-corrected chi connectivity index (χ3v) is 1.62. The highest BCUT2D eigenvalue weighted by molar-refractivity contribution is 5.42. The van der Waals surface area contributed by atoms with E-state index in [1.807, 2.05) is 26.2 Å². The average Bonchev–Trinajstić information content (AvgIpc) is 2.34. The zero-order chi connectivity index (χ0) is 7.56. The maximum absolute atomic E-state index is 4.11. The molecule has 0 spiro atoms. The number of imidazole rings is 1. The molecule has 54 valence electrons. The van der Waals surface area contributed by atoms with E-state index in [2.05, 4.69) is 22.6 Å². The number of aryl methyl sites for hydroxylation is 1. The summed E-state index contributed by atoms with van der Waals surface area (Å²) in [6, 6.07) is 0. The molecule has 0 aliphatic carbocycles. The zero-order valence-electron chi connectivity index (χ0n) is 6.63. The second kappa shape index (κ2) is 2.69. The third kappa shape index (κ3) is 1.10. The molecule has 0 aliphatic heterocycles. The van der Waals surface area contributed by atoms with E-state index < -0.39 is 0 Å². The van der Waals surface area contributed by atoms with Gasteiger partial charge in [-0.15, -0.1) is 0 Å². The van der Waals surface area contributed by atoms with Crippen molar-refractivity contribution in [2.75, 3.05) is 0 Å². The minimum Gasteiger partial charge on any atom is -0.308 e. The smallest absolute Gasteiger partial charge is 0.109 e. The first-order chi connectivity index (χ1) is 4.75. The second-order valence-electron chi connectivity index (χ2n) is 2.27. The summed E-state index contributed by atoms with van der Waals surface area (Å²) < 4.78 is 2.06. The van der Waals surface area contributed by atoms with Gasteiger partial charge in [-0.25, -0.2) is 4.98 Å². The third-order valence-electron chi connectivity index (χ3n) is 1.62. The fourth-order valence-corrected chi connectivity index (χ4v) is 0.890. The first-order valence-electron chi connectivity index (χ1n) is 3.39. The number of hydrogen-bond acceptors (Lipinski definition) is 1. The van der Waals surface area contributed by atoms with Crippen LogP contribution >= 0.6 is 0 Å². The first-order valence-corrected chi connectivity index (χ1v) is 3.39. The van der Waals surface area contributed by atoms with Crippen LogP contribution < -0.4 is 0 Å². The number of aromatic nitrogens is 2. The van der Waals surface area contributed by atoms with Gasteiger partial charge in [-0.1, -0.05) is 6.08 Å². The molecule has 1 aromatic heterocycles. The van der Waals surface area contributed by atoms with E-state index in [1.54, 1.807) is 0 Å². The molecule has 0 saturated heterocycles. The van der Waals surface area contributed by atoms with E-state index in [0.29, 0.717) is 0 Å². The molecular formula is C8H12N2. The molecule has 10 heavy (non-hydrogen) atoms. The molecule has 0 unspecified atom stereocenters. The Morgan fingerprint density at radius 3 is 2.80 bits per heavy atom. The van der Waals surface area contributed by atoms with Gasteiger partial charge in [0, 0.05) is 18.1 Å². The lowest BCUT2D eigenvalue weighted by Gasteiger charge is -2.02. The van der Waals surface area contributed by atoms with Crippen LogP contribution in [0.15, 0.2) is 18.5 Å². The van der Waals surface area contributed by atoms with Gasteiger partial charge in [0.15, 0.2) is 0 Å². The van der Waals surface area contributed by atoms with Crippen molar-refractivity contribution < 1.29 is 0 Å². The lowest BCUT2D eigenvalue weighted by Crippen LogP contribution is -1.93. The Balaban J connectivity index is 3.05. The number of hydrogen-bond donors (Lipinski definition) is 0. The quantitative estimate of drug-likeness (QED) is 0.578. The predicted octanol–water partition coefficient (Wildman–Crippen LogP) is 2.07. The minimum absolute atomic E-state index is 1.04. The topological polar surface area (TPSA) is 17.8 Å². The lowest BCUT2D eigenvalue weighted by atomic mass is 10.4. The zero-order valence-corrected chi connectivity index (χ0v) is 6.63. The molecule has 0 N–H and O–H groups in total. The van der Waals surface area contributed by atoms with Crippen LogP contribution in [-0.4, -0.2) is 9.55 Å². The fourth-order valence-electron chi connectivity index (χ4n) is 0.890. The van der Waals surface area contributed by atoms with E-state index in [0.717, 1.165) is 5.82 Å². The summed E-state index contributed by atoms with van der Waals surface area (Å²) in [6.45, 7) is 6.08. The molecular weight excluding hydrogens is 124 g/mol. The van der Waals surface area contributed by atoms with Crippen molar-refractivity contribution in [1.82, 2.24) is 9.55 Å². The highest BCUT2D eigenvalue weighted by Crippen LogP contribution is 2.04. The van der Waals surface area contributed by atoms with Crippen LogP contribution in [0.25, 0.3) is 5.70 Å². The normalized spacial score (nSPS) is 12.1. The monoisotopic (exact) mass is 136 g/mol. The number of allylic oxidation sites excluding steroid dienone is 2. The van der Waals surface area contributed by atoms with Gasteiger partial charge in [0.2, 0.25) is 0 Å². The Hall–Kier alpha value is -1.05. The van der Waals surface area contributed by atoms with Crippen LogP contribution in [0.5, 0.6) is 0 Å². The van der Waals surface area contributed by atoms with E-state index in [4.69, 9.17) is 0 Å². The summed E-state index contributed by atoms with van der Waals surface area (Å²) in [5.74, 6) is 1.04. The van der Waals surface area contributed by atoms with Crippen LogP contribution in [-0.2, 0) is 0 Å². The molecule has 0 saturated carbocycles. The molecule has 0 amide bonds. The van der Waals surface area contributed by atoms with Gasteiger partial charge in [0.05, 0.1) is 0 Å². The highest BCUT2D eigenvalue weighted by atomic mass is 15.1. The summed E-state index contributed by atoms with van der Waals surface area (Å²) in [5, 5.41) is 0. The summed E-state index contributed by atoms with van der Waals surface area (Å²) in [4.78, 5) is 4.11. The summed E-state index contributed by atoms with van der Waals surface area (Å²) in [6.07, 6.45) is 5.84. The molecule has 0 aromatic carbocycles. The van der Waals surface area contributed by atoms with Gasteiger partial charge in [0.25, 0.3) is 0 Å². The van der Waals surface area contributed by atoms with Crippen molar-refractivity contribution in [3.05, 3.63) is 24.3 Å². The summed E-state index contributed by atoms with van der Waals surface area (Å²) in [5.41, 5.74) is 1.22. The van der Waals surface area contributed by atoms with Crippen molar-refractivity contribution >= 4 is 5.70 Å². The largest absolute Gasteiger partial charge is 0.308 e. The van der Waals surface area contributed by atoms with Crippen molar-refractivity contribution in [3.63, 3.8) is 0 Å². The molecule has 2 nitrogen and oxygen atoms in total. The van der Waals surface area contributed by atoms with Gasteiger partial charge in [0.1, 0.15) is 5.82 Å². The molecule has 0 atom stereocenters. The van der Waals surface area contributed by atoms with Gasteiger partial charge < -0.3 is 4.57 Å². The molecule has 1 rings (SSSR count). The first kappa shape index (κ1) is 7.06. The number of nitrogens with zero attached hydrogens (tertiary/aromatic N) is 2. The van der Waals surface area contributed by atoms with Crippen molar-refractivity contribution in [2.45, 2.75) is 20.8 Å². The Morgan fingerprint density at radius 2 is 2.40 bits per heavy atom. The van der Waals surface area contributed by atoms with Gasteiger partial charge in [-0.3, -0.25) is 0 Å². The van der Waals surface area contributed by atoms with E-state index in [9.17, 15) is 0 Å². The van der Waals surface area contributed by atoms with Crippen molar-refractivity contribution in [1.29, 1.82) is 0 Å². The summed E-state index contributed by atoms with van der Waals surface area (Å²) >= 11 is 0. The molecule has 0 bridgehead atoms. The van der Waals surface area contributed by atoms with Crippen LogP contribution in [0.3, 0.4) is 0 Å². The maximum atomic E-state index is 4.11. The van der Waals surface area contributed by atoms with Crippen molar-refractivity contribution in [2.24, 2.45) is 0 Å². The SMILES string of the molecule is CC=C(C)n1ccnc1C. The molecule has 2 heteroatoms. The maximum Gasteiger partial charge on any atom is 0.109 e. The highest BCUT2D eigenvalue weighted by Gasteiger charge is 1.94. The Bertz CT molecular complexity index is 246. The molecule has 0 aliphatic rings. The molecule has 0 fully saturated rings. The van der Waals surface area contributed by atoms with Gasteiger partial charge >= 0.3 is 0 Å².